The standard InChI is InChI=1S/C64H83ClN8O18S/c1-38-17-16-20-49(86-10)64(84)36-48(89-60(81)68-64)39(2)56-63(4,91-56)50(35-54(77)72(8)45-33-42(31-38)34-47(85-9)55(45)65)90-58(79)40(3)71(7)51(74)25-30-92-62(83)70(6)29-28-69(5)61(82)87-37-41-21-22-46(88-59(80)67-43-18-14-12-11-13-15-19-43)44(32-41)57(78)66-26-27-73-52(75)23-24-53(73)76/h14,16-18,20-24,32-34,39-40,43,48-50,56,84H,11-13,15,19,25-31,35-37H2,1-10H3,(H,66,78)(H,67,80)(H,68,81)/b18-14+,20-16+,38-17+/t39-,40+,43?,48+,49-,50+,56?,63+,64+/m1/s1. The molecular formula is C64H83ClN8O18S. The van der Waals surface area contributed by atoms with Crippen molar-refractivity contribution in [1.29, 1.82) is 0 Å². The number of thioether (sulfide) groups is 1. The summed E-state index contributed by atoms with van der Waals surface area (Å²) in [7, 11) is 8.78. The summed E-state index contributed by atoms with van der Waals surface area (Å²) in [5, 5.41) is 19.6. The van der Waals surface area contributed by atoms with Crippen LogP contribution in [-0.4, -0.2) is 206 Å². The molecule has 2 unspecified atom stereocenters. The van der Waals surface area contributed by atoms with Crippen LogP contribution in [0.3, 0.4) is 0 Å². The lowest BCUT2D eigenvalue weighted by Crippen LogP contribution is -2.63. The van der Waals surface area contributed by atoms with Crippen LogP contribution >= 0.6 is 23.4 Å². The quantitative estimate of drug-likeness (QED) is 0.0379. The third-order valence-corrected chi connectivity index (χ3v) is 18.2. The Labute approximate surface area is 544 Å². The van der Waals surface area contributed by atoms with E-state index >= 15 is 0 Å². The lowest BCUT2D eigenvalue weighted by Gasteiger charge is -2.42. The topological polar surface area (TPSA) is 311 Å². The van der Waals surface area contributed by atoms with Crippen molar-refractivity contribution in [2.24, 2.45) is 5.92 Å². The molecule has 4 N–H and O–H groups in total. The number of imide groups is 1. The van der Waals surface area contributed by atoms with Crippen LogP contribution in [-0.2, 0) is 60.7 Å². The molecule has 5 aliphatic rings. The van der Waals surface area contributed by atoms with E-state index in [0.717, 1.165) is 65.6 Å². The van der Waals surface area contributed by atoms with Crippen molar-refractivity contribution in [2.75, 3.05) is 79.2 Å². The van der Waals surface area contributed by atoms with Gasteiger partial charge in [-0.15, -0.1) is 0 Å². The van der Waals surface area contributed by atoms with Crippen LogP contribution < -0.4 is 30.3 Å². The van der Waals surface area contributed by atoms with Crippen LogP contribution in [0, 0.1) is 5.92 Å². The van der Waals surface area contributed by atoms with E-state index < -0.39 is 113 Å². The van der Waals surface area contributed by atoms with Crippen molar-refractivity contribution in [1.82, 2.24) is 35.6 Å². The third kappa shape index (κ3) is 18.4. The van der Waals surface area contributed by atoms with E-state index in [-0.39, 0.29) is 73.8 Å². The van der Waals surface area contributed by atoms with E-state index in [9.17, 15) is 53.1 Å². The number of nitrogens with zero attached hydrogens (tertiary/aromatic N) is 5. The molecule has 28 heteroatoms. The van der Waals surface area contributed by atoms with Crippen LogP contribution in [0.15, 0.2) is 78.4 Å². The molecule has 4 aliphatic heterocycles. The molecule has 500 valence electrons. The predicted octanol–water partition coefficient (Wildman–Crippen LogP) is 6.59. The van der Waals surface area contributed by atoms with Gasteiger partial charge >= 0.3 is 24.2 Å². The summed E-state index contributed by atoms with van der Waals surface area (Å²) < 4.78 is 40.6. The molecule has 4 bridgehead atoms. The Balaban J connectivity index is 0.927. The number of likely N-dealkylation sites (N-methyl/N-ethyl adjacent to an activating group) is 3. The second kappa shape index (κ2) is 32.0. The zero-order valence-corrected chi connectivity index (χ0v) is 55.1. The van der Waals surface area contributed by atoms with Gasteiger partial charge in [0.15, 0.2) is 5.72 Å². The zero-order valence-electron chi connectivity index (χ0n) is 53.5. The van der Waals surface area contributed by atoms with E-state index in [2.05, 4.69) is 16.0 Å². The van der Waals surface area contributed by atoms with Gasteiger partial charge in [-0.05, 0) is 81.8 Å². The largest absolute Gasteiger partial charge is 0.495 e. The summed E-state index contributed by atoms with van der Waals surface area (Å²) in [6.07, 6.45) is 9.19. The fourth-order valence-corrected chi connectivity index (χ4v) is 12.1. The first-order valence-electron chi connectivity index (χ1n) is 30.4. The van der Waals surface area contributed by atoms with Gasteiger partial charge in [-0.3, -0.25) is 39.0 Å². The molecule has 7 rings (SSSR count). The van der Waals surface area contributed by atoms with Crippen LogP contribution in [0.1, 0.15) is 101 Å². The van der Waals surface area contributed by atoms with Gasteiger partial charge in [0.25, 0.3) is 23.0 Å². The summed E-state index contributed by atoms with van der Waals surface area (Å²) in [5.74, 6) is -3.99. The fraction of sp³-hybridized carbons (Fsp3) is 0.531. The normalized spacial score (nSPS) is 25.6. The van der Waals surface area contributed by atoms with Gasteiger partial charge in [-0.25, -0.2) is 19.2 Å². The molecule has 0 spiro atoms. The molecule has 1 aliphatic carbocycles. The van der Waals surface area contributed by atoms with Crippen LogP contribution in [0.4, 0.5) is 24.9 Å². The third-order valence-electron chi connectivity index (χ3n) is 16.9. The van der Waals surface area contributed by atoms with E-state index in [1.54, 1.807) is 38.1 Å². The number of esters is 1. The Morgan fingerprint density at radius 2 is 1.70 bits per heavy atom. The number of benzene rings is 2. The van der Waals surface area contributed by atoms with Gasteiger partial charge in [-0.1, -0.05) is 85.1 Å². The number of methoxy groups -OCH3 is 2. The monoisotopic (exact) mass is 1320 g/mol. The summed E-state index contributed by atoms with van der Waals surface area (Å²) >= 11 is 7.68. The Kier molecular flexibility index (Phi) is 24.9. The molecule has 2 aromatic carbocycles. The van der Waals surface area contributed by atoms with Crippen LogP contribution in [0.5, 0.6) is 11.5 Å². The number of epoxide rings is 1. The van der Waals surface area contributed by atoms with E-state index in [4.69, 9.17) is 44.8 Å². The molecular weight excluding hydrogens is 1240 g/mol. The van der Waals surface area contributed by atoms with Crippen molar-refractivity contribution >= 4 is 88.1 Å². The Morgan fingerprint density at radius 3 is 2.41 bits per heavy atom. The first-order chi connectivity index (χ1) is 43.7. The average molecular weight is 1320 g/mol. The number of amides is 9. The predicted molar refractivity (Wildman–Crippen MR) is 339 cm³/mol. The summed E-state index contributed by atoms with van der Waals surface area (Å²) in [6.45, 7) is 6.35. The zero-order chi connectivity index (χ0) is 67.2. The van der Waals surface area contributed by atoms with E-state index in [1.807, 2.05) is 25.2 Å². The number of rotatable bonds is 19. The Hall–Kier alpha value is -7.98. The maximum absolute atomic E-state index is 14.4. The second-order valence-corrected chi connectivity index (χ2v) is 25.0. The number of nitrogens with one attached hydrogen (secondary N) is 3. The van der Waals surface area contributed by atoms with Crippen molar-refractivity contribution in [2.45, 2.75) is 140 Å². The van der Waals surface area contributed by atoms with E-state index in [1.165, 1.54) is 87.1 Å². The number of carbonyl (C=O) groups is 10. The average Bonchev–Trinajstić information content (AvgIpc) is 1.56. The lowest BCUT2D eigenvalue weighted by atomic mass is 9.83. The first-order valence-corrected chi connectivity index (χ1v) is 31.7. The number of allylic oxidation sites excluding steroid dienone is 4. The smallest absolute Gasteiger partial charge is 0.413 e. The number of anilines is 1. The van der Waals surface area contributed by atoms with Gasteiger partial charge in [0, 0.05) is 98.1 Å². The highest BCUT2D eigenvalue weighted by Gasteiger charge is 2.64. The van der Waals surface area contributed by atoms with Gasteiger partial charge in [0.1, 0.15) is 53.1 Å². The highest BCUT2D eigenvalue weighted by Crippen LogP contribution is 2.49. The van der Waals surface area contributed by atoms with Gasteiger partial charge in [-0.2, -0.15) is 0 Å². The molecule has 4 heterocycles. The maximum atomic E-state index is 14.4. The fourth-order valence-electron chi connectivity index (χ4n) is 11.0. The minimum absolute atomic E-state index is 0.0186. The van der Waals surface area contributed by atoms with Crippen molar-refractivity contribution in [3.05, 3.63) is 100 Å². The molecule has 9 amide bonds. The molecule has 0 radical (unpaired) electrons. The van der Waals surface area contributed by atoms with Gasteiger partial charge < -0.3 is 68.5 Å². The van der Waals surface area contributed by atoms with Crippen molar-refractivity contribution < 1.29 is 86.2 Å². The van der Waals surface area contributed by atoms with Crippen LogP contribution in [0.25, 0.3) is 0 Å². The molecule has 2 saturated heterocycles. The molecule has 0 saturated carbocycles. The highest BCUT2D eigenvalue weighted by atomic mass is 35.5. The number of hydrogen-bond donors (Lipinski definition) is 4. The van der Waals surface area contributed by atoms with Crippen molar-refractivity contribution in [3.63, 3.8) is 0 Å². The minimum atomic E-state index is -1.91. The Morgan fingerprint density at radius 1 is 0.967 bits per heavy atom. The number of hydrogen-bond acceptors (Lipinski definition) is 19. The Bertz CT molecular complexity index is 3230. The second-order valence-electron chi connectivity index (χ2n) is 23.6. The van der Waals surface area contributed by atoms with E-state index in [0.29, 0.717) is 29.8 Å². The highest BCUT2D eigenvalue weighted by molar-refractivity contribution is 8.13. The molecule has 26 nitrogen and oxygen atoms in total. The molecule has 0 aromatic heterocycles. The molecule has 2 aromatic rings. The number of ether oxygens (including phenoxy) is 7. The number of aliphatic hydroxyl groups is 1. The number of fused-ring (bicyclic) bond motifs is 5. The lowest BCUT2D eigenvalue weighted by molar-refractivity contribution is -0.162. The maximum Gasteiger partial charge on any atom is 0.413 e. The number of carbonyl (C=O) groups excluding carboxylic acids is 10. The minimum Gasteiger partial charge on any atom is -0.495 e. The first kappa shape index (κ1) is 71.5. The molecule has 92 heavy (non-hydrogen) atoms. The van der Waals surface area contributed by atoms with Gasteiger partial charge in [0.2, 0.25) is 11.8 Å². The summed E-state index contributed by atoms with van der Waals surface area (Å²) in [6, 6.07) is 6.34. The SMILES string of the molecule is COc1cc2cc(c1Cl)N(C)C(=O)C[C@H](OC(=O)[C@H](C)N(C)C(=O)CCSC(=O)N(C)CCN(C)C(=O)OCc1ccc(OC(=O)NC3/C=C/CCCCC3)c(C(=O)NCCN3C(=O)C=CC3=O)c1)[C@]1(C)OC1[C@H](C)[C@@H]1C[C@@](O)(NC(=O)O1)[C@H](OC)/C=C/C=C(\C)C2. The van der Waals surface area contributed by atoms with Gasteiger partial charge in [0.05, 0.1) is 36.9 Å². The summed E-state index contributed by atoms with van der Waals surface area (Å²) in [4.78, 5) is 139. The molecule has 9 atom stereocenters. The molecule has 2 fully saturated rings. The van der Waals surface area contributed by atoms with Crippen molar-refractivity contribution in [3.8, 4) is 11.5 Å². The summed E-state index contributed by atoms with van der Waals surface area (Å²) in [5.41, 5.74) is -1.02. The number of alkyl carbamates (subject to hydrolysis) is 1. The van der Waals surface area contributed by atoms with Crippen LogP contribution in [0.2, 0.25) is 5.02 Å². The number of halogens is 1.